The molecule has 2 atom stereocenters. The number of benzene rings is 3. The van der Waals surface area contributed by atoms with Crippen molar-refractivity contribution in [1.82, 2.24) is 5.32 Å². The summed E-state index contributed by atoms with van der Waals surface area (Å²) in [5.74, 6) is 0.873. The highest BCUT2D eigenvalue weighted by Gasteiger charge is 2.25. The number of thioether (sulfide) groups is 1. The van der Waals surface area contributed by atoms with Crippen molar-refractivity contribution < 1.29 is 32.3 Å². The summed E-state index contributed by atoms with van der Waals surface area (Å²) < 4.78 is 35.8. The molecule has 0 aliphatic carbocycles. The Labute approximate surface area is 262 Å². The first-order valence-corrected chi connectivity index (χ1v) is 17.5. The summed E-state index contributed by atoms with van der Waals surface area (Å²) in [7, 11) is -3.40. The highest BCUT2D eigenvalue weighted by atomic mass is 32.2. The minimum absolute atomic E-state index is 0.235. The summed E-state index contributed by atoms with van der Waals surface area (Å²) in [5, 5.41) is 12.2. The number of ether oxygens (including phenoxy) is 1. The molecule has 232 valence electrons. The second kappa shape index (κ2) is 15.2. The van der Waals surface area contributed by atoms with Gasteiger partial charge in [-0.1, -0.05) is 67.6 Å². The Morgan fingerprint density at radius 3 is 2.39 bits per heavy atom. The molecule has 0 spiro atoms. The molecule has 0 unspecified atom stereocenters. The second-order valence-electron chi connectivity index (χ2n) is 10.5. The minimum Gasteiger partial charge on any atom is -0.480 e. The van der Waals surface area contributed by atoms with Crippen molar-refractivity contribution in [1.29, 1.82) is 0 Å². The van der Waals surface area contributed by atoms with Crippen LogP contribution in [0.4, 0.5) is 0 Å². The quantitative estimate of drug-likeness (QED) is 0.151. The molecule has 1 aromatic heterocycles. The molecule has 4 aromatic rings. The number of nitrogens with one attached hydrogen (secondary N) is 1. The lowest BCUT2D eigenvalue weighted by atomic mass is 9.93. The van der Waals surface area contributed by atoms with Crippen molar-refractivity contribution in [2.75, 3.05) is 23.5 Å². The standard InChI is InChI=1S/C34H37NO7S2/c1-4-43-22-32(31-17-16-30(42-31)25-11-6-5-7-12-25)41-21-24-14-15-27(28(20-24)26-13-9-8-10-23(26)2)33(36)35-29(34(37)38)18-19-44(3,39)40/h5-17,20,29,32H,4,18-19,21-22H2,1-3H3,(H,35,36)(H,37,38)/t29-,32+/m0/s1. The molecule has 10 heteroatoms. The van der Waals surface area contributed by atoms with Crippen LogP contribution in [0.25, 0.3) is 22.5 Å². The molecule has 0 aliphatic rings. The third-order valence-corrected chi connectivity index (χ3v) is 9.00. The van der Waals surface area contributed by atoms with E-state index in [2.05, 4.69) is 12.2 Å². The number of hydrogen-bond donors (Lipinski definition) is 2. The number of aryl methyl sites for hydroxylation is 1. The third-order valence-electron chi connectivity index (χ3n) is 7.07. The molecule has 44 heavy (non-hydrogen) atoms. The smallest absolute Gasteiger partial charge is 0.326 e. The van der Waals surface area contributed by atoms with Crippen LogP contribution in [0.3, 0.4) is 0 Å². The Kier molecular flexibility index (Phi) is 11.4. The van der Waals surface area contributed by atoms with E-state index in [4.69, 9.17) is 9.15 Å². The predicted octanol–water partition coefficient (Wildman–Crippen LogP) is 6.55. The van der Waals surface area contributed by atoms with Crippen LogP contribution in [0.15, 0.2) is 89.3 Å². The number of carboxylic acids is 1. The van der Waals surface area contributed by atoms with E-state index in [1.54, 1.807) is 23.9 Å². The van der Waals surface area contributed by atoms with Crippen LogP contribution in [-0.2, 0) is 26.0 Å². The molecular weight excluding hydrogens is 599 g/mol. The zero-order chi connectivity index (χ0) is 31.7. The molecule has 0 bridgehead atoms. The van der Waals surface area contributed by atoms with E-state index >= 15 is 0 Å². The molecule has 1 heterocycles. The first-order valence-electron chi connectivity index (χ1n) is 14.3. The molecule has 0 radical (unpaired) electrons. The molecule has 4 rings (SSSR count). The van der Waals surface area contributed by atoms with Gasteiger partial charge in [-0.05, 0) is 65.6 Å². The minimum atomic E-state index is -3.40. The number of rotatable bonds is 15. The Bertz CT molecular complexity index is 1680. The summed E-state index contributed by atoms with van der Waals surface area (Å²) in [6.45, 7) is 4.28. The van der Waals surface area contributed by atoms with E-state index in [-0.39, 0.29) is 30.4 Å². The van der Waals surface area contributed by atoms with Crippen molar-refractivity contribution in [2.24, 2.45) is 0 Å². The molecule has 2 N–H and O–H groups in total. The first-order chi connectivity index (χ1) is 21.1. The van der Waals surface area contributed by atoms with Gasteiger partial charge in [-0.3, -0.25) is 4.79 Å². The van der Waals surface area contributed by atoms with Gasteiger partial charge >= 0.3 is 5.97 Å². The normalized spacial score (nSPS) is 12.9. The van der Waals surface area contributed by atoms with E-state index in [0.29, 0.717) is 11.3 Å². The molecule has 0 saturated carbocycles. The highest BCUT2D eigenvalue weighted by molar-refractivity contribution is 7.99. The molecular formula is C34H37NO7S2. The number of aliphatic carboxylic acids is 1. The number of amides is 1. The van der Waals surface area contributed by atoms with Crippen molar-refractivity contribution in [2.45, 2.75) is 39.0 Å². The summed E-state index contributed by atoms with van der Waals surface area (Å²) in [4.78, 5) is 25.3. The highest BCUT2D eigenvalue weighted by Crippen LogP contribution is 2.32. The second-order valence-corrected chi connectivity index (χ2v) is 14.1. The number of hydrogen-bond acceptors (Lipinski definition) is 7. The topological polar surface area (TPSA) is 123 Å². The number of carboxylic acid groups (broad SMARTS) is 1. The Hall–Kier alpha value is -3.86. The van der Waals surface area contributed by atoms with Gasteiger partial charge in [-0.25, -0.2) is 13.2 Å². The van der Waals surface area contributed by atoms with Crippen LogP contribution >= 0.6 is 11.8 Å². The van der Waals surface area contributed by atoms with Gasteiger partial charge in [0.2, 0.25) is 0 Å². The van der Waals surface area contributed by atoms with Crippen molar-refractivity contribution in [3.05, 3.63) is 107 Å². The maximum atomic E-state index is 13.4. The van der Waals surface area contributed by atoms with Crippen LogP contribution in [-0.4, -0.2) is 55.0 Å². The fourth-order valence-corrected chi connectivity index (χ4v) is 6.09. The molecule has 0 saturated heterocycles. The molecule has 8 nitrogen and oxygen atoms in total. The summed E-state index contributed by atoms with van der Waals surface area (Å²) >= 11 is 1.75. The monoisotopic (exact) mass is 635 g/mol. The Balaban J connectivity index is 1.59. The van der Waals surface area contributed by atoms with Crippen molar-refractivity contribution >= 4 is 33.5 Å². The van der Waals surface area contributed by atoms with Gasteiger partial charge in [0, 0.05) is 23.1 Å². The molecule has 1 amide bonds. The Morgan fingerprint density at radius 2 is 1.70 bits per heavy atom. The summed E-state index contributed by atoms with van der Waals surface area (Å²) in [6.07, 6.45) is 0.500. The van der Waals surface area contributed by atoms with Gasteiger partial charge in [-0.15, -0.1) is 0 Å². The van der Waals surface area contributed by atoms with Crippen LogP contribution < -0.4 is 5.32 Å². The molecule has 0 aliphatic heterocycles. The SMILES string of the molecule is CCSC[C@@H](OCc1ccc(C(=O)N[C@@H](CCS(C)(=O)=O)C(=O)O)c(-c2ccccc2C)c1)c1ccc(-c2ccccc2)o1. The maximum Gasteiger partial charge on any atom is 0.326 e. The lowest BCUT2D eigenvalue weighted by molar-refractivity contribution is -0.139. The van der Waals surface area contributed by atoms with Gasteiger partial charge in [0.15, 0.2) is 0 Å². The van der Waals surface area contributed by atoms with Crippen LogP contribution in [0.1, 0.15) is 46.7 Å². The number of sulfone groups is 1. The van der Waals surface area contributed by atoms with E-state index in [0.717, 1.165) is 45.8 Å². The summed E-state index contributed by atoms with van der Waals surface area (Å²) in [5.41, 5.74) is 4.47. The third kappa shape index (κ3) is 9.07. The molecule has 0 fully saturated rings. The zero-order valence-corrected chi connectivity index (χ0v) is 26.6. The van der Waals surface area contributed by atoms with E-state index in [9.17, 15) is 23.1 Å². The summed E-state index contributed by atoms with van der Waals surface area (Å²) in [6, 6.07) is 25.3. The first kappa shape index (κ1) is 33.0. The average molecular weight is 636 g/mol. The van der Waals surface area contributed by atoms with Crippen molar-refractivity contribution in [3.8, 4) is 22.5 Å². The number of carbonyl (C=O) groups excluding carboxylic acids is 1. The number of furan rings is 1. The van der Waals surface area contributed by atoms with Gasteiger partial charge < -0.3 is 19.6 Å². The van der Waals surface area contributed by atoms with Crippen LogP contribution in [0.2, 0.25) is 0 Å². The van der Waals surface area contributed by atoms with E-state index in [1.807, 2.05) is 79.7 Å². The fourth-order valence-electron chi connectivity index (χ4n) is 4.72. The van der Waals surface area contributed by atoms with E-state index in [1.165, 1.54) is 0 Å². The predicted molar refractivity (Wildman–Crippen MR) is 175 cm³/mol. The van der Waals surface area contributed by atoms with E-state index < -0.39 is 27.8 Å². The molecule has 3 aromatic carbocycles. The van der Waals surface area contributed by atoms with Gasteiger partial charge in [0.25, 0.3) is 5.91 Å². The van der Waals surface area contributed by atoms with Crippen LogP contribution in [0, 0.1) is 6.92 Å². The lowest BCUT2D eigenvalue weighted by Crippen LogP contribution is -2.42. The fraction of sp³-hybridized carbons (Fsp3) is 0.294. The maximum absolute atomic E-state index is 13.4. The van der Waals surface area contributed by atoms with Gasteiger partial charge in [0.1, 0.15) is 33.5 Å². The number of carbonyl (C=O) groups is 2. The van der Waals surface area contributed by atoms with Gasteiger partial charge in [0.05, 0.1) is 12.4 Å². The average Bonchev–Trinajstić information content (AvgIpc) is 3.49. The lowest BCUT2D eigenvalue weighted by Gasteiger charge is -2.19. The zero-order valence-electron chi connectivity index (χ0n) is 25.0. The Morgan fingerprint density at radius 1 is 0.977 bits per heavy atom. The van der Waals surface area contributed by atoms with Crippen molar-refractivity contribution in [3.63, 3.8) is 0 Å². The largest absolute Gasteiger partial charge is 0.480 e. The van der Waals surface area contributed by atoms with Crippen LogP contribution in [0.5, 0.6) is 0 Å². The van der Waals surface area contributed by atoms with Gasteiger partial charge in [-0.2, -0.15) is 11.8 Å².